The maximum Gasteiger partial charge on any atom is 0.317 e. The first kappa shape index (κ1) is 15.4. The van der Waals surface area contributed by atoms with Gasteiger partial charge in [-0.1, -0.05) is 12.8 Å². The van der Waals surface area contributed by atoms with Crippen LogP contribution in [0.3, 0.4) is 0 Å². The van der Waals surface area contributed by atoms with Crippen molar-refractivity contribution in [3.05, 3.63) is 18.2 Å². The Kier molecular flexibility index (Phi) is 4.36. The summed E-state index contributed by atoms with van der Waals surface area (Å²) in [5.41, 5.74) is 1.13. The molecule has 0 unspecified atom stereocenters. The molecule has 1 saturated heterocycles. The molecule has 1 aliphatic carbocycles. The lowest BCUT2D eigenvalue weighted by atomic mass is 10.2. The maximum absolute atomic E-state index is 12.3. The van der Waals surface area contributed by atoms with Crippen LogP contribution in [0.15, 0.2) is 18.2 Å². The molecule has 0 aromatic heterocycles. The third kappa shape index (κ3) is 3.23. The Bertz CT molecular complexity index is 593. The predicted octanol–water partition coefficient (Wildman–Crippen LogP) is 2.23. The lowest BCUT2D eigenvalue weighted by Crippen LogP contribution is -2.53. The van der Waals surface area contributed by atoms with Crippen LogP contribution < -0.4 is 19.7 Å². The fourth-order valence-electron chi connectivity index (χ4n) is 3.73. The number of hydrogen-bond donors (Lipinski definition) is 1. The van der Waals surface area contributed by atoms with Gasteiger partial charge in [-0.15, -0.1) is 0 Å². The monoisotopic (exact) mass is 331 g/mol. The zero-order valence-corrected chi connectivity index (χ0v) is 14.0. The van der Waals surface area contributed by atoms with Crippen molar-refractivity contribution in [1.29, 1.82) is 0 Å². The molecule has 0 atom stereocenters. The molecule has 1 aromatic carbocycles. The first-order valence-electron chi connectivity index (χ1n) is 9.00. The van der Waals surface area contributed by atoms with Gasteiger partial charge in [0.1, 0.15) is 13.2 Å². The van der Waals surface area contributed by atoms with Crippen LogP contribution >= 0.6 is 0 Å². The van der Waals surface area contributed by atoms with Crippen molar-refractivity contribution in [3.8, 4) is 11.5 Å². The Hall–Kier alpha value is -2.11. The molecule has 2 heterocycles. The van der Waals surface area contributed by atoms with Crippen LogP contribution in [0.4, 0.5) is 10.5 Å². The van der Waals surface area contributed by atoms with Crippen molar-refractivity contribution < 1.29 is 14.3 Å². The van der Waals surface area contributed by atoms with E-state index in [1.54, 1.807) is 0 Å². The van der Waals surface area contributed by atoms with E-state index in [0.717, 1.165) is 56.2 Å². The number of urea groups is 1. The summed E-state index contributed by atoms with van der Waals surface area (Å²) < 4.78 is 11.2. The van der Waals surface area contributed by atoms with Crippen LogP contribution in [0.5, 0.6) is 11.5 Å². The predicted molar refractivity (Wildman–Crippen MR) is 92.0 cm³/mol. The number of anilines is 1. The molecule has 130 valence electrons. The summed E-state index contributed by atoms with van der Waals surface area (Å²) in [7, 11) is 0. The number of amides is 2. The van der Waals surface area contributed by atoms with Gasteiger partial charge in [-0.25, -0.2) is 4.79 Å². The normalized spacial score (nSPS) is 21.0. The molecule has 6 heteroatoms. The SMILES string of the molecule is O=C(NC1CCCC1)N1CCN(c2ccc3c(c2)OCCO3)CC1. The van der Waals surface area contributed by atoms with Gasteiger partial charge >= 0.3 is 6.03 Å². The summed E-state index contributed by atoms with van der Waals surface area (Å²) in [5.74, 6) is 1.64. The Morgan fingerprint density at radius 3 is 2.46 bits per heavy atom. The molecule has 1 aromatic rings. The van der Waals surface area contributed by atoms with Crippen LogP contribution in [-0.2, 0) is 0 Å². The lowest BCUT2D eigenvalue weighted by Gasteiger charge is -2.37. The van der Waals surface area contributed by atoms with E-state index in [-0.39, 0.29) is 6.03 Å². The van der Waals surface area contributed by atoms with Crippen LogP contribution in [0.1, 0.15) is 25.7 Å². The van der Waals surface area contributed by atoms with Crippen molar-refractivity contribution in [2.45, 2.75) is 31.7 Å². The van der Waals surface area contributed by atoms with Gasteiger partial charge in [0.25, 0.3) is 0 Å². The third-order valence-electron chi connectivity index (χ3n) is 5.14. The van der Waals surface area contributed by atoms with Gasteiger partial charge in [-0.3, -0.25) is 0 Å². The molecule has 0 spiro atoms. The van der Waals surface area contributed by atoms with E-state index < -0.39 is 0 Å². The second-order valence-electron chi connectivity index (χ2n) is 6.73. The number of carbonyl (C=O) groups excluding carboxylic acids is 1. The zero-order chi connectivity index (χ0) is 16.4. The maximum atomic E-state index is 12.3. The van der Waals surface area contributed by atoms with Gasteiger partial charge in [-0.2, -0.15) is 0 Å². The van der Waals surface area contributed by atoms with E-state index in [4.69, 9.17) is 9.47 Å². The van der Waals surface area contributed by atoms with E-state index in [1.165, 1.54) is 12.8 Å². The second-order valence-corrected chi connectivity index (χ2v) is 6.73. The first-order chi connectivity index (χ1) is 11.8. The molecule has 0 bridgehead atoms. The molecule has 2 fully saturated rings. The zero-order valence-electron chi connectivity index (χ0n) is 14.0. The van der Waals surface area contributed by atoms with Crippen molar-refractivity contribution in [3.63, 3.8) is 0 Å². The summed E-state index contributed by atoms with van der Waals surface area (Å²) in [6.45, 7) is 4.42. The number of benzene rings is 1. The summed E-state index contributed by atoms with van der Waals surface area (Å²) in [4.78, 5) is 16.6. The molecule has 1 N–H and O–H groups in total. The number of fused-ring (bicyclic) bond motifs is 1. The van der Waals surface area contributed by atoms with E-state index in [2.05, 4.69) is 16.3 Å². The Balaban J connectivity index is 1.33. The Morgan fingerprint density at radius 1 is 1.00 bits per heavy atom. The number of nitrogens with zero attached hydrogens (tertiary/aromatic N) is 2. The molecular formula is C18H25N3O3. The summed E-state index contributed by atoms with van der Waals surface area (Å²) >= 11 is 0. The number of ether oxygens (including phenoxy) is 2. The van der Waals surface area contributed by atoms with E-state index in [1.807, 2.05) is 17.0 Å². The van der Waals surface area contributed by atoms with Gasteiger partial charge in [0, 0.05) is 44.0 Å². The van der Waals surface area contributed by atoms with E-state index in [0.29, 0.717) is 19.3 Å². The number of rotatable bonds is 2. The molecule has 1 saturated carbocycles. The van der Waals surface area contributed by atoms with Crippen LogP contribution in [0.2, 0.25) is 0 Å². The summed E-state index contributed by atoms with van der Waals surface area (Å²) in [6.07, 6.45) is 4.73. The number of carbonyl (C=O) groups is 1. The Morgan fingerprint density at radius 2 is 1.71 bits per heavy atom. The number of hydrogen-bond acceptors (Lipinski definition) is 4. The van der Waals surface area contributed by atoms with Gasteiger partial charge in [0.05, 0.1) is 0 Å². The average Bonchev–Trinajstić information content (AvgIpc) is 3.14. The molecule has 2 amide bonds. The Labute approximate surface area is 142 Å². The van der Waals surface area contributed by atoms with Crippen LogP contribution in [-0.4, -0.2) is 56.4 Å². The van der Waals surface area contributed by atoms with Crippen molar-refractivity contribution >= 4 is 11.7 Å². The fourth-order valence-corrected chi connectivity index (χ4v) is 3.73. The minimum absolute atomic E-state index is 0.101. The quantitative estimate of drug-likeness (QED) is 0.903. The summed E-state index contributed by atoms with van der Waals surface area (Å²) in [5, 5.41) is 3.18. The summed E-state index contributed by atoms with van der Waals surface area (Å²) in [6, 6.07) is 6.57. The average molecular weight is 331 g/mol. The molecule has 24 heavy (non-hydrogen) atoms. The number of piperazine rings is 1. The lowest BCUT2D eigenvalue weighted by molar-refractivity contribution is 0.171. The van der Waals surface area contributed by atoms with Crippen LogP contribution in [0.25, 0.3) is 0 Å². The molecule has 3 aliphatic rings. The minimum atomic E-state index is 0.101. The third-order valence-corrected chi connectivity index (χ3v) is 5.14. The standard InChI is InChI=1S/C18H25N3O3/c22-18(19-14-3-1-2-4-14)21-9-7-20(8-10-21)15-5-6-16-17(13-15)24-12-11-23-16/h5-6,13-14H,1-4,7-12H2,(H,19,22). The van der Waals surface area contributed by atoms with Gasteiger partial charge < -0.3 is 24.6 Å². The minimum Gasteiger partial charge on any atom is -0.486 e. The molecule has 2 aliphatic heterocycles. The van der Waals surface area contributed by atoms with Crippen LogP contribution in [0, 0.1) is 0 Å². The highest BCUT2D eigenvalue weighted by Gasteiger charge is 2.25. The van der Waals surface area contributed by atoms with E-state index >= 15 is 0 Å². The molecule has 6 nitrogen and oxygen atoms in total. The molecule has 4 rings (SSSR count). The smallest absolute Gasteiger partial charge is 0.317 e. The molecule has 0 radical (unpaired) electrons. The van der Waals surface area contributed by atoms with E-state index in [9.17, 15) is 4.79 Å². The van der Waals surface area contributed by atoms with Crippen molar-refractivity contribution in [2.24, 2.45) is 0 Å². The van der Waals surface area contributed by atoms with Gasteiger partial charge in [0.2, 0.25) is 0 Å². The van der Waals surface area contributed by atoms with Crippen molar-refractivity contribution in [2.75, 3.05) is 44.3 Å². The largest absolute Gasteiger partial charge is 0.486 e. The van der Waals surface area contributed by atoms with Crippen molar-refractivity contribution in [1.82, 2.24) is 10.2 Å². The second kappa shape index (κ2) is 6.79. The molecular weight excluding hydrogens is 306 g/mol. The van der Waals surface area contributed by atoms with Gasteiger partial charge in [0.15, 0.2) is 11.5 Å². The highest BCUT2D eigenvalue weighted by atomic mass is 16.6. The first-order valence-corrected chi connectivity index (χ1v) is 9.00. The fraction of sp³-hybridized carbons (Fsp3) is 0.611. The van der Waals surface area contributed by atoms with Gasteiger partial charge in [-0.05, 0) is 25.0 Å². The number of nitrogens with one attached hydrogen (secondary N) is 1. The topological polar surface area (TPSA) is 54.0 Å². The highest BCUT2D eigenvalue weighted by molar-refractivity contribution is 5.75. The highest BCUT2D eigenvalue weighted by Crippen LogP contribution is 2.34.